The second-order valence-corrected chi connectivity index (χ2v) is 10.4. The SMILES string of the molecule is C=CC(=O)NC1CCN(S(=O)(=O)c2ccc(NC(=O)CCc3ccccc3)c(Cl)c2)C(C)C1. The number of carbonyl (C=O) groups excluding carboxylic acids is 2. The molecule has 0 saturated carbocycles. The summed E-state index contributed by atoms with van der Waals surface area (Å²) in [4.78, 5) is 23.9. The number of amides is 2. The Hall–Kier alpha value is -2.68. The van der Waals surface area contributed by atoms with Gasteiger partial charge in [-0.3, -0.25) is 9.59 Å². The van der Waals surface area contributed by atoms with Crippen molar-refractivity contribution in [2.24, 2.45) is 0 Å². The van der Waals surface area contributed by atoms with Gasteiger partial charge in [-0.05, 0) is 56.0 Å². The molecule has 2 aromatic carbocycles. The van der Waals surface area contributed by atoms with E-state index in [-0.39, 0.29) is 46.8 Å². The molecule has 176 valence electrons. The first-order valence-electron chi connectivity index (χ1n) is 10.8. The normalized spacial score (nSPS) is 19.0. The molecule has 2 amide bonds. The fraction of sp³-hybridized carbons (Fsp3) is 0.333. The van der Waals surface area contributed by atoms with Crippen LogP contribution in [-0.2, 0) is 26.0 Å². The molecule has 1 fully saturated rings. The predicted molar refractivity (Wildman–Crippen MR) is 130 cm³/mol. The van der Waals surface area contributed by atoms with Gasteiger partial charge in [-0.25, -0.2) is 8.42 Å². The van der Waals surface area contributed by atoms with Crippen LogP contribution in [0.4, 0.5) is 5.69 Å². The van der Waals surface area contributed by atoms with Crippen LogP contribution in [0, 0.1) is 0 Å². The average molecular weight is 490 g/mol. The van der Waals surface area contributed by atoms with Gasteiger partial charge >= 0.3 is 0 Å². The maximum Gasteiger partial charge on any atom is 0.243 e. The van der Waals surface area contributed by atoms with Crippen LogP contribution in [0.5, 0.6) is 0 Å². The van der Waals surface area contributed by atoms with E-state index >= 15 is 0 Å². The molecular weight excluding hydrogens is 462 g/mol. The summed E-state index contributed by atoms with van der Waals surface area (Å²) < 4.78 is 27.8. The van der Waals surface area contributed by atoms with Gasteiger partial charge in [0.1, 0.15) is 0 Å². The van der Waals surface area contributed by atoms with Crippen molar-refractivity contribution in [3.8, 4) is 0 Å². The van der Waals surface area contributed by atoms with Crippen molar-refractivity contribution in [1.29, 1.82) is 0 Å². The van der Waals surface area contributed by atoms with E-state index in [2.05, 4.69) is 17.2 Å². The van der Waals surface area contributed by atoms with Gasteiger partial charge in [0.25, 0.3) is 0 Å². The lowest BCUT2D eigenvalue weighted by Crippen LogP contribution is -2.50. The summed E-state index contributed by atoms with van der Waals surface area (Å²) in [6.45, 7) is 5.53. The highest BCUT2D eigenvalue weighted by Crippen LogP contribution is 2.30. The highest BCUT2D eigenvalue weighted by atomic mass is 35.5. The lowest BCUT2D eigenvalue weighted by atomic mass is 10.0. The molecule has 1 saturated heterocycles. The highest BCUT2D eigenvalue weighted by molar-refractivity contribution is 7.89. The Balaban J connectivity index is 1.64. The standard InChI is InChI=1S/C24H28ClN3O4S/c1-3-23(29)26-19-13-14-28(17(2)15-19)33(31,32)20-10-11-22(21(25)16-20)27-24(30)12-9-18-7-5-4-6-8-18/h3-8,10-11,16-17,19H,1,9,12-15H2,2H3,(H,26,29)(H,27,30). The largest absolute Gasteiger partial charge is 0.350 e. The Morgan fingerprint density at radius 1 is 1.21 bits per heavy atom. The summed E-state index contributed by atoms with van der Waals surface area (Å²) in [7, 11) is -3.78. The van der Waals surface area contributed by atoms with Crippen molar-refractivity contribution in [1.82, 2.24) is 9.62 Å². The predicted octanol–water partition coefficient (Wildman–Crippen LogP) is 3.76. The minimum Gasteiger partial charge on any atom is -0.350 e. The number of carbonyl (C=O) groups is 2. The lowest BCUT2D eigenvalue weighted by molar-refractivity contribution is -0.117. The number of halogens is 1. The molecular formula is C24H28ClN3O4S. The fourth-order valence-corrected chi connectivity index (χ4v) is 5.88. The van der Waals surface area contributed by atoms with Crippen LogP contribution in [0.3, 0.4) is 0 Å². The van der Waals surface area contributed by atoms with E-state index in [4.69, 9.17) is 11.6 Å². The fourth-order valence-electron chi connectivity index (χ4n) is 3.91. The van der Waals surface area contributed by atoms with Crippen LogP contribution >= 0.6 is 11.6 Å². The number of hydrogen-bond donors (Lipinski definition) is 2. The molecule has 3 rings (SSSR count). The van der Waals surface area contributed by atoms with E-state index in [1.54, 1.807) is 0 Å². The van der Waals surface area contributed by atoms with Gasteiger partial charge in [-0.15, -0.1) is 0 Å². The van der Waals surface area contributed by atoms with E-state index < -0.39 is 10.0 Å². The topological polar surface area (TPSA) is 95.6 Å². The number of piperidine rings is 1. The van der Waals surface area contributed by atoms with E-state index in [9.17, 15) is 18.0 Å². The first kappa shape index (κ1) is 25.0. The van der Waals surface area contributed by atoms with Gasteiger partial charge in [-0.2, -0.15) is 4.31 Å². The van der Waals surface area contributed by atoms with Crippen LogP contribution in [0.1, 0.15) is 31.7 Å². The summed E-state index contributed by atoms with van der Waals surface area (Å²) in [5.74, 6) is -0.467. The van der Waals surface area contributed by atoms with Crippen LogP contribution in [0.2, 0.25) is 5.02 Å². The Kier molecular flexibility index (Phi) is 8.29. The molecule has 2 atom stereocenters. The molecule has 0 spiro atoms. The number of aryl methyl sites for hydroxylation is 1. The van der Waals surface area contributed by atoms with E-state index in [0.29, 0.717) is 24.9 Å². The minimum atomic E-state index is -3.78. The van der Waals surface area contributed by atoms with Crippen LogP contribution in [0.25, 0.3) is 0 Å². The van der Waals surface area contributed by atoms with E-state index in [1.807, 2.05) is 37.3 Å². The molecule has 1 aliphatic heterocycles. The molecule has 2 N–H and O–H groups in total. The highest BCUT2D eigenvalue weighted by Gasteiger charge is 2.35. The van der Waals surface area contributed by atoms with Crippen molar-refractivity contribution >= 4 is 39.1 Å². The zero-order valence-corrected chi connectivity index (χ0v) is 20.0. The number of nitrogens with zero attached hydrogens (tertiary/aromatic N) is 1. The second kappa shape index (κ2) is 11.0. The second-order valence-electron chi connectivity index (χ2n) is 8.07. The molecule has 7 nitrogen and oxygen atoms in total. The lowest BCUT2D eigenvalue weighted by Gasteiger charge is -2.36. The summed E-state index contributed by atoms with van der Waals surface area (Å²) in [6.07, 6.45) is 3.10. The van der Waals surface area contributed by atoms with Crippen LogP contribution in [-0.4, -0.2) is 43.2 Å². The summed E-state index contributed by atoms with van der Waals surface area (Å²) >= 11 is 6.31. The van der Waals surface area contributed by atoms with Crippen molar-refractivity contribution in [3.05, 3.63) is 71.8 Å². The average Bonchev–Trinajstić information content (AvgIpc) is 2.79. The maximum absolute atomic E-state index is 13.2. The molecule has 9 heteroatoms. The van der Waals surface area contributed by atoms with Crippen molar-refractivity contribution in [2.75, 3.05) is 11.9 Å². The van der Waals surface area contributed by atoms with E-state index in [1.165, 1.54) is 28.6 Å². The van der Waals surface area contributed by atoms with Gasteiger partial charge in [0.2, 0.25) is 21.8 Å². The zero-order chi connectivity index (χ0) is 24.0. The Morgan fingerprint density at radius 2 is 1.94 bits per heavy atom. The summed E-state index contributed by atoms with van der Waals surface area (Å²) in [5.41, 5.74) is 1.43. The molecule has 33 heavy (non-hydrogen) atoms. The van der Waals surface area contributed by atoms with Crippen molar-refractivity contribution < 1.29 is 18.0 Å². The Morgan fingerprint density at radius 3 is 2.58 bits per heavy atom. The van der Waals surface area contributed by atoms with Gasteiger partial charge < -0.3 is 10.6 Å². The van der Waals surface area contributed by atoms with E-state index in [0.717, 1.165) is 5.56 Å². The molecule has 0 bridgehead atoms. The summed E-state index contributed by atoms with van der Waals surface area (Å²) in [6, 6.07) is 13.6. The third kappa shape index (κ3) is 6.43. The third-order valence-corrected chi connectivity index (χ3v) is 7.97. The first-order chi connectivity index (χ1) is 15.7. The number of sulfonamides is 1. The number of rotatable bonds is 8. The summed E-state index contributed by atoms with van der Waals surface area (Å²) in [5, 5.41) is 5.73. The zero-order valence-electron chi connectivity index (χ0n) is 18.5. The molecule has 2 unspecified atom stereocenters. The third-order valence-electron chi connectivity index (χ3n) is 5.65. The number of anilines is 1. The maximum atomic E-state index is 13.2. The van der Waals surface area contributed by atoms with Gasteiger partial charge in [0, 0.05) is 25.0 Å². The van der Waals surface area contributed by atoms with Gasteiger partial charge in [0.05, 0.1) is 15.6 Å². The number of nitrogens with one attached hydrogen (secondary N) is 2. The first-order valence-corrected chi connectivity index (χ1v) is 12.6. The number of benzene rings is 2. The molecule has 1 aliphatic rings. The van der Waals surface area contributed by atoms with Gasteiger partial charge in [-0.1, -0.05) is 48.5 Å². The molecule has 1 heterocycles. The minimum absolute atomic E-state index is 0.0650. The van der Waals surface area contributed by atoms with Crippen molar-refractivity contribution in [2.45, 2.75) is 49.6 Å². The van der Waals surface area contributed by atoms with Crippen molar-refractivity contribution in [3.63, 3.8) is 0 Å². The van der Waals surface area contributed by atoms with Gasteiger partial charge in [0.15, 0.2) is 0 Å². The molecule has 2 aromatic rings. The Labute approximate surface area is 199 Å². The Bertz CT molecular complexity index is 1120. The quantitative estimate of drug-likeness (QED) is 0.552. The molecule has 0 aromatic heterocycles. The smallest absolute Gasteiger partial charge is 0.243 e. The molecule has 0 radical (unpaired) electrons. The monoisotopic (exact) mass is 489 g/mol. The number of hydrogen-bond acceptors (Lipinski definition) is 4. The van der Waals surface area contributed by atoms with Crippen LogP contribution in [0.15, 0.2) is 66.1 Å². The molecule has 0 aliphatic carbocycles. The van der Waals surface area contributed by atoms with Crippen LogP contribution < -0.4 is 10.6 Å².